The first-order chi connectivity index (χ1) is 9.55. The predicted molar refractivity (Wildman–Crippen MR) is 78.7 cm³/mol. The van der Waals surface area contributed by atoms with Crippen molar-refractivity contribution in [2.75, 3.05) is 13.7 Å². The largest absolute Gasteiger partial charge is 0.497 e. The zero-order valence-electron chi connectivity index (χ0n) is 12.6. The Morgan fingerprint density at radius 1 is 1.40 bits per heavy atom. The number of nitrogens with zero attached hydrogens (tertiary/aromatic N) is 1. The molecule has 0 saturated carbocycles. The molecule has 0 radical (unpaired) electrons. The molecule has 0 bridgehead atoms. The summed E-state index contributed by atoms with van der Waals surface area (Å²) in [5.41, 5.74) is 1.15. The lowest BCUT2D eigenvalue weighted by Gasteiger charge is -2.39. The van der Waals surface area contributed by atoms with E-state index in [0.29, 0.717) is 12.3 Å². The van der Waals surface area contributed by atoms with Crippen LogP contribution in [-0.2, 0) is 4.74 Å². The van der Waals surface area contributed by atoms with E-state index >= 15 is 0 Å². The van der Waals surface area contributed by atoms with Crippen molar-refractivity contribution in [2.45, 2.75) is 44.6 Å². The Labute approximate surface area is 121 Å². The number of rotatable bonds is 4. The summed E-state index contributed by atoms with van der Waals surface area (Å²) in [7, 11) is 1.67. The van der Waals surface area contributed by atoms with Gasteiger partial charge in [0.25, 0.3) is 0 Å². The van der Waals surface area contributed by atoms with Crippen molar-refractivity contribution in [3.63, 3.8) is 0 Å². The Morgan fingerprint density at radius 2 is 2.10 bits per heavy atom. The fourth-order valence-corrected chi connectivity index (χ4v) is 3.13. The normalized spacial score (nSPS) is 22.8. The molecule has 2 unspecified atom stereocenters. The lowest BCUT2D eigenvalue weighted by molar-refractivity contribution is -0.0766. The average Bonchev–Trinajstić information content (AvgIpc) is 2.44. The van der Waals surface area contributed by atoms with E-state index in [1.54, 1.807) is 7.11 Å². The highest BCUT2D eigenvalue weighted by Gasteiger charge is 2.34. The summed E-state index contributed by atoms with van der Waals surface area (Å²) in [5, 5.41) is 9.15. The minimum Gasteiger partial charge on any atom is -0.497 e. The van der Waals surface area contributed by atoms with Gasteiger partial charge in [-0.1, -0.05) is 12.1 Å². The Hall–Kier alpha value is -1.53. The minimum absolute atomic E-state index is 0.0803. The maximum Gasteiger partial charge on any atom is 0.118 e. The molecule has 0 amide bonds. The first-order valence-electron chi connectivity index (χ1n) is 7.20. The van der Waals surface area contributed by atoms with Crippen molar-refractivity contribution in [2.24, 2.45) is 5.92 Å². The SMILES string of the molecule is COc1ccc(C(CC#N)C2CCOC(C)(C)C2)cc1. The number of methoxy groups -OCH3 is 1. The van der Waals surface area contributed by atoms with Crippen LogP contribution in [0.25, 0.3) is 0 Å². The highest BCUT2D eigenvalue weighted by molar-refractivity contribution is 5.30. The third kappa shape index (κ3) is 3.52. The van der Waals surface area contributed by atoms with E-state index in [9.17, 15) is 0 Å². The molecule has 0 aliphatic carbocycles. The first kappa shape index (κ1) is 14.9. The summed E-state index contributed by atoms with van der Waals surface area (Å²) in [4.78, 5) is 0. The van der Waals surface area contributed by atoms with Gasteiger partial charge < -0.3 is 9.47 Å². The van der Waals surface area contributed by atoms with Crippen LogP contribution in [0.4, 0.5) is 0 Å². The number of hydrogen-bond acceptors (Lipinski definition) is 3. The molecule has 0 spiro atoms. The second-order valence-electron chi connectivity index (χ2n) is 6.10. The van der Waals surface area contributed by atoms with E-state index < -0.39 is 0 Å². The van der Waals surface area contributed by atoms with Crippen molar-refractivity contribution < 1.29 is 9.47 Å². The lowest BCUT2D eigenvalue weighted by Crippen LogP contribution is -2.36. The molecular weight excluding hydrogens is 250 g/mol. The van der Waals surface area contributed by atoms with Crippen LogP contribution in [0.2, 0.25) is 0 Å². The second-order valence-corrected chi connectivity index (χ2v) is 6.10. The van der Waals surface area contributed by atoms with Crippen LogP contribution in [-0.4, -0.2) is 19.3 Å². The Kier molecular flexibility index (Phi) is 4.67. The first-order valence-corrected chi connectivity index (χ1v) is 7.20. The second kappa shape index (κ2) is 6.28. The fraction of sp³-hybridized carbons (Fsp3) is 0.588. The number of ether oxygens (including phenoxy) is 2. The molecule has 0 aromatic heterocycles. The summed E-state index contributed by atoms with van der Waals surface area (Å²) in [5.74, 6) is 1.65. The van der Waals surface area contributed by atoms with Crippen LogP contribution >= 0.6 is 0 Å². The van der Waals surface area contributed by atoms with E-state index in [1.807, 2.05) is 12.1 Å². The third-order valence-corrected chi connectivity index (χ3v) is 4.16. The van der Waals surface area contributed by atoms with Gasteiger partial charge in [0.2, 0.25) is 0 Å². The standard InChI is InChI=1S/C17H23NO2/c1-17(2)12-14(9-11-20-17)16(8-10-18)13-4-6-15(19-3)7-5-13/h4-7,14,16H,8-9,11-12H2,1-3H3. The van der Waals surface area contributed by atoms with E-state index in [4.69, 9.17) is 14.7 Å². The molecule has 2 atom stereocenters. The summed E-state index contributed by atoms with van der Waals surface area (Å²) < 4.78 is 11.0. The smallest absolute Gasteiger partial charge is 0.118 e. The molecule has 1 fully saturated rings. The maximum atomic E-state index is 9.15. The third-order valence-electron chi connectivity index (χ3n) is 4.16. The highest BCUT2D eigenvalue weighted by Crippen LogP contribution is 2.40. The van der Waals surface area contributed by atoms with Crippen LogP contribution in [0.3, 0.4) is 0 Å². The zero-order valence-corrected chi connectivity index (χ0v) is 12.6. The van der Waals surface area contributed by atoms with Gasteiger partial charge in [0.1, 0.15) is 5.75 Å². The molecule has 2 rings (SSSR count). The van der Waals surface area contributed by atoms with Crippen LogP contribution in [0.15, 0.2) is 24.3 Å². The van der Waals surface area contributed by atoms with Crippen LogP contribution in [0.5, 0.6) is 5.75 Å². The molecule has 108 valence electrons. The molecule has 1 aromatic carbocycles. The summed E-state index contributed by atoms with van der Waals surface area (Å²) in [6.07, 6.45) is 2.60. The van der Waals surface area contributed by atoms with E-state index in [2.05, 4.69) is 32.0 Å². The number of hydrogen-bond donors (Lipinski definition) is 0. The zero-order chi connectivity index (χ0) is 14.6. The molecule has 1 saturated heterocycles. The highest BCUT2D eigenvalue weighted by atomic mass is 16.5. The van der Waals surface area contributed by atoms with Crippen molar-refractivity contribution >= 4 is 0 Å². The van der Waals surface area contributed by atoms with E-state index in [0.717, 1.165) is 25.2 Å². The van der Waals surface area contributed by atoms with Gasteiger partial charge in [-0.25, -0.2) is 0 Å². The maximum absolute atomic E-state index is 9.15. The van der Waals surface area contributed by atoms with Gasteiger partial charge in [-0.15, -0.1) is 0 Å². The molecule has 3 heteroatoms. The van der Waals surface area contributed by atoms with E-state index in [1.165, 1.54) is 5.56 Å². The van der Waals surface area contributed by atoms with E-state index in [-0.39, 0.29) is 11.5 Å². The number of nitriles is 1. The monoisotopic (exact) mass is 273 g/mol. The Balaban J connectivity index is 2.19. The summed E-state index contributed by atoms with van der Waals surface area (Å²) in [6, 6.07) is 10.5. The topological polar surface area (TPSA) is 42.2 Å². The van der Waals surface area contributed by atoms with Crippen LogP contribution < -0.4 is 4.74 Å². The van der Waals surface area contributed by atoms with Gasteiger partial charge in [-0.3, -0.25) is 0 Å². The number of benzene rings is 1. The molecule has 1 aliphatic heterocycles. The van der Waals surface area contributed by atoms with Gasteiger partial charge >= 0.3 is 0 Å². The quantitative estimate of drug-likeness (QED) is 0.835. The minimum atomic E-state index is -0.0803. The molecule has 0 N–H and O–H groups in total. The molecule has 20 heavy (non-hydrogen) atoms. The fourth-order valence-electron chi connectivity index (χ4n) is 3.13. The van der Waals surface area contributed by atoms with Crippen molar-refractivity contribution in [3.8, 4) is 11.8 Å². The average molecular weight is 273 g/mol. The molecule has 1 aromatic rings. The Morgan fingerprint density at radius 3 is 2.65 bits per heavy atom. The summed E-state index contributed by atoms with van der Waals surface area (Å²) >= 11 is 0. The van der Waals surface area contributed by atoms with Gasteiger partial charge in [0.15, 0.2) is 0 Å². The Bertz CT molecular complexity index is 473. The van der Waals surface area contributed by atoms with Gasteiger partial charge in [0.05, 0.1) is 18.8 Å². The van der Waals surface area contributed by atoms with Gasteiger partial charge in [0, 0.05) is 13.0 Å². The molecule has 3 nitrogen and oxygen atoms in total. The van der Waals surface area contributed by atoms with Gasteiger partial charge in [-0.05, 0) is 56.2 Å². The summed E-state index contributed by atoms with van der Waals surface area (Å²) in [6.45, 7) is 5.06. The lowest BCUT2D eigenvalue weighted by atomic mass is 9.75. The van der Waals surface area contributed by atoms with Gasteiger partial charge in [-0.2, -0.15) is 5.26 Å². The molecular formula is C17H23NO2. The predicted octanol–water partition coefficient (Wildman–Crippen LogP) is 3.90. The van der Waals surface area contributed by atoms with Crippen molar-refractivity contribution in [3.05, 3.63) is 29.8 Å². The van der Waals surface area contributed by atoms with Crippen molar-refractivity contribution in [1.29, 1.82) is 5.26 Å². The molecule has 1 heterocycles. The molecule has 1 aliphatic rings. The van der Waals surface area contributed by atoms with Crippen LogP contribution in [0.1, 0.15) is 44.6 Å². The van der Waals surface area contributed by atoms with Crippen molar-refractivity contribution in [1.82, 2.24) is 0 Å². The van der Waals surface area contributed by atoms with Crippen LogP contribution in [0, 0.1) is 17.2 Å².